The molecule has 2 unspecified atom stereocenters. The van der Waals surface area contributed by atoms with Crippen molar-refractivity contribution in [3.8, 4) is 11.5 Å². The predicted octanol–water partition coefficient (Wildman–Crippen LogP) is 3.39. The first kappa shape index (κ1) is 24.1. The fourth-order valence-corrected chi connectivity index (χ4v) is 5.15. The van der Waals surface area contributed by atoms with Crippen LogP contribution < -0.4 is 14.8 Å². The van der Waals surface area contributed by atoms with Crippen molar-refractivity contribution in [3.05, 3.63) is 58.7 Å². The summed E-state index contributed by atoms with van der Waals surface area (Å²) in [6.45, 7) is 5.10. The van der Waals surface area contributed by atoms with Gasteiger partial charge in [-0.25, -0.2) is 0 Å². The number of rotatable bonds is 9. The van der Waals surface area contributed by atoms with Gasteiger partial charge in [-0.3, -0.25) is 9.59 Å². The number of carbonyl (C=O) groups excluding carboxylic acids is 2. The molecule has 0 spiro atoms. The molecule has 2 aliphatic rings. The minimum Gasteiger partial charge on any atom is -0.493 e. The van der Waals surface area contributed by atoms with Crippen LogP contribution >= 0.6 is 0 Å². The molecule has 4 rings (SSSR count). The maximum Gasteiger partial charge on any atom is 0.254 e. The molecule has 2 atom stereocenters. The lowest BCUT2D eigenvalue weighted by atomic mass is 9.75. The van der Waals surface area contributed by atoms with Crippen LogP contribution in [0.5, 0.6) is 11.5 Å². The molecule has 0 aromatic heterocycles. The van der Waals surface area contributed by atoms with E-state index in [0.29, 0.717) is 35.7 Å². The molecular formula is C27H35N3O4. The van der Waals surface area contributed by atoms with Crippen LogP contribution in [0.3, 0.4) is 0 Å². The van der Waals surface area contributed by atoms with Gasteiger partial charge in [-0.1, -0.05) is 37.6 Å². The highest BCUT2D eigenvalue weighted by Crippen LogP contribution is 2.48. The number of fused-ring (bicyclic) bond motifs is 4. The van der Waals surface area contributed by atoms with Crippen LogP contribution in [-0.4, -0.2) is 69.1 Å². The quantitative estimate of drug-likeness (QED) is 0.615. The Bertz CT molecular complexity index is 1050. The molecule has 7 heteroatoms. The minimum absolute atomic E-state index is 0.0706. The van der Waals surface area contributed by atoms with E-state index in [1.807, 2.05) is 23.1 Å². The van der Waals surface area contributed by atoms with Crippen LogP contribution in [0.1, 0.15) is 58.8 Å². The summed E-state index contributed by atoms with van der Waals surface area (Å²) in [5.41, 5.74) is 3.44. The first-order valence-electron chi connectivity index (χ1n) is 12.1. The second-order valence-electron chi connectivity index (χ2n) is 9.11. The molecular weight excluding hydrogens is 430 g/mol. The SMILES string of the molecule is CCCCN(C)CCNC(=O)C1c2cc(OC)c(OC)cc2C(=O)N2CCc3ccccc3C12. The number of nitrogens with zero attached hydrogens (tertiary/aromatic N) is 2. The molecule has 0 aliphatic carbocycles. The van der Waals surface area contributed by atoms with Crippen LogP contribution in [0.15, 0.2) is 36.4 Å². The molecule has 0 fully saturated rings. The fraction of sp³-hybridized carbons (Fsp3) is 0.481. The van der Waals surface area contributed by atoms with Crippen molar-refractivity contribution in [3.63, 3.8) is 0 Å². The largest absolute Gasteiger partial charge is 0.493 e. The van der Waals surface area contributed by atoms with E-state index < -0.39 is 5.92 Å². The summed E-state index contributed by atoms with van der Waals surface area (Å²) >= 11 is 0. The third-order valence-electron chi connectivity index (χ3n) is 7.00. The Hall–Kier alpha value is -3.06. The number of ether oxygens (including phenoxy) is 2. The Morgan fingerprint density at radius 3 is 2.59 bits per heavy atom. The van der Waals surface area contributed by atoms with Gasteiger partial charge in [-0.15, -0.1) is 0 Å². The molecule has 0 radical (unpaired) electrons. The topological polar surface area (TPSA) is 71.1 Å². The van der Waals surface area contributed by atoms with E-state index in [9.17, 15) is 9.59 Å². The van der Waals surface area contributed by atoms with Gasteiger partial charge in [0.25, 0.3) is 5.91 Å². The summed E-state index contributed by atoms with van der Waals surface area (Å²) < 4.78 is 11.0. The smallest absolute Gasteiger partial charge is 0.254 e. The van der Waals surface area contributed by atoms with Crippen molar-refractivity contribution < 1.29 is 19.1 Å². The molecule has 2 amide bonds. The van der Waals surface area contributed by atoms with Crippen molar-refractivity contribution in [2.24, 2.45) is 0 Å². The lowest BCUT2D eigenvalue weighted by molar-refractivity contribution is -0.124. The summed E-state index contributed by atoms with van der Waals surface area (Å²) in [7, 11) is 5.20. The predicted molar refractivity (Wildman–Crippen MR) is 132 cm³/mol. The van der Waals surface area contributed by atoms with Crippen LogP contribution in [0, 0.1) is 0 Å². The summed E-state index contributed by atoms with van der Waals surface area (Å²) in [6, 6.07) is 11.3. The maximum absolute atomic E-state index is 13.7. The average molecular weight is 466 g/mol. The number of amides is 2. The second-order valence-corrected chi connectivity index (χ2v) is 9.11. The normalized spacial score (nSPS) is 18.7. The Morgan fingerprint density at radius 2 is 1.85 bits per heavy atom. The van der Waals surface area contributed by atoms with E-state index in [1.54, 1.807) is 26.4 Å². The highest BCUT2D eigenvalue weighted by Gasteiger charge is 2.46. The number of likely N-dealkylation sites (N-methyl/N-ethyl adjacent to an activating group) is 1. The van der Waals surface area contributed by atoms with E-state index in [0.717, 1.165) is 37.9 Å². The molecule has 2 aromatic rings. The fourth-order valence-electron chi connectivity index (χ4n) is 5.15. The molecule has 2 heterocycles. The highest BCUT2D eigenvalue weighted by atomic mass is 16.5. The summed E-state index contributed by atoms with van der Waals surface area (Å²) in [5, 5.41) is 3.15. The Kier molecular flexibility index (Phi) is 7.41. The molecule has 0 bridgehead atoms. The number of benzene rings is 2. The molecule has 34 heavy (non-hydrogen) atoms. The summed E-state index contributed by atoms with van der Waals surface area (Å²) in [5.74, 6) is 0.330. The third kappa shape index (κ3) is 4.49. The van der Waals surface area contributed by atoms with Gasteiger partial charge in [0, 0.05) is 25.2 Å². The van der Waals surface area contributed by atoms with Crippen LogP contribution in [-0.2, 0) is 11.2 Å². The first-order chi connectivity index (χ1) is 16.5. The number of methoxy groups -OCH3 is 2. The highest BCUT2D eigenvalue weighted by molar-refractivity contribution is 6.02. The molecule has 2 aliphatic heterocycles. The average Bonchev–Trinajstić information content (AvgIpc) is 2.86. The van der Waals surface area contributed by atoms with Gasteiger partial charge < -0.3 is 24.6 Å². The number of nitrogens with one attached hydrogen (secondary N) is 1. The second kappa shape index (κ2) is 10.5. The molecule has 7 nitrogen and oxygen atoms in total. The molecule has 2 aromatic carbocycles. The lowest BCUT2D eigenvalue weighted by Gasteiger charge is -2.45. The molecule has 0 saturated heterocycles. The van der Waals surface area contributed by atoms with E-state index in [-0.39, 0.29) is 17.9 Å². The van der Waals surface area contributed by atoms with Crippen molar-refractivity contribution in [1.29, 1.82) is 0 Å². The van der Waals surface area contributed by atoms with Gasteiger partial charge in [-0.05, 0) is 55.3 Å². The number of hydrogen-bond donors (Lipinski definition) is 1. The zero-order valence-electron chi connectivity index (χ0n) is 20.6. The molecule has 0 saturated carbocycles. The zero-order valence-corrected chi connectivity index (χ0v) is 20.6. The van der Waals surface area contributed by atoms with E-state index >= 15 is 0 Å². The van der Waals surface area contributed by atoms with Gasteiger partial charge in [-0.2, -0.15) is 0 Å². The third-order valence-corrected chi connectivity index (χ3v) is 7.00. The van der Waals surface area contributed by atoms with E-state index in [4.69, 9.17) is 9.47 Å². The Morgan fingerprint density at radius 1 is 1.12 bits per heavy atom. The Labute approximate surface area is 202 Å². The summed E-state index contributed by atoms with van der Waals surface area (Å²) in [6.07, 6.45) is 3.06. The van der Waals surface area contributed by atoms with Gasteiger partial charge in [0.15, 0.2) is 11.5 Å². The standard InChI is InChI=1S/C27H35N3O4/c1-5-6-13-29(2)15-12-28-26(31)24-20-16-22(33-3)23(34-4)17-21(20)27(32)30-14-11-18-9-7-8-10-19(18)25(24)30/h7-10,16-17,24-25H,5-6,11-15H2,1-4H3,(H,28,31). The monoisotopic (exact) mass is 465 g/mol. The van der Waals surface area contributed by atoms with Crippen LogP contribution in [0.25, 0.3) is 0 Å². The molecule has 1 N–H and O–H groups in total. The van der Waals surface area contributed by atoms with Crippen LogP contribution in [0.2, 0.25) is 0 Å². The van der Waals surface area contributed by atoms with Crippen molar-refractivity contribution in [1.82, 2.24) is 15.1 Å². The summed E-state index contributed by atoms with van der Waals surface area (Å²) in [4.78, 5) is 31.4. The number of hydrogen-bond acceptors (Lipinski definition) is 5. The first-order valence-corrected chi connectivity index (χ1v) is 12.1. The Balaban J connectivity index is 1.71. The van der Waals surface area contributed by atoms with Crippen molar-refractivity contribution in [2.45, 2.75) is 38.1 Å². The van der Waals surface area contributed by atoms with E-state index in [1.165, 1.54) is 5.56 Å². The zero-order chi connectivity index (χ0) is 24.2. The van der Waals surface area contributed by atoms with Crippen LogP contribution in [0.4, 0.5) is 0 Å². The van der Waals surface area contributed by atoms with Crippen molar-refractivity contribution >= 4 is 11.8 Å². The molecule has 182 valence electrons. The number of carbonyl (C=O) groups is 2. The van der Waals surface area contributed by atoms with E-state index in [2.05, 4.69) is 30.3 Å². The maximum atomic E-state index is 13.7. The van der Waals surface area contributed by atoms with Gasteiger partial charge in [0.2, 0.25) is 5.91 Å². The van der Waals surface area contributed by atoms with Gasteiger partial charge >= 0.3 is 0 Å². The lowest BCUT2D eigenvalue weighted by Crippen LogP contribution is -2.50. The van der Waals surface area contributed by atoms with Crippen molar-refractivity contribution in [2.75, 3.05) is 47.4 Å². The number of unbranched alkanes of at least 4 members (excludes halogenated alkanes) is 1. The minimum atomic E-state index is -0.532. The van der Waals surface area contributed by atoms with Gasteiger partial charge in [0.05, 0.1) is 26.2 Å². The van der Waals surface area contributed by atoms with Gasteiger partial charge in [0.1, 0.15) is 0 Å².